The van der Waals surface area contributed by atoms with E-state index in [2.05, 4.69) is 9.97 Å². The fourth-order valence-corrected chi connectivity index (χ4v) is 4.71. The van der Waals surface area contributed by atoms with E-state index in [1.165, 1.54) is 14.0 Å². The van der Waals surface area contributed by atoms with E-state index in [1.54, 1.807) is 13.8 Å². The molecule has 0 saturated carbocycles. The lowest BCUT2D eigenvalue weighted by Gasteiger charge is -2.32. The number of aromatic amines is 1. The van der Waals surface area contributed by atoms with E-state index < -0.39 is 52.7 Å². The Hall–Kier alpha value is -2.53. The molecule has 0 amide bonds. The summed E-state index contributed by atoms with van der Waals surface area (Å²) < 4.78 is 86.3. The predicted octanol–water partition coefficient (Wildman–Crippen LogP) is 4.93. The molecule has 1 aliphatic rings. The third-order valence-electron chi connectivity index (χ3n) is 6.66. The summed E-state index contributed by atoms with van der Waals surface area (Å²) in [6.45, 7) is 5.75. The lowest BCUT2D eigenvalue weighted by atomic mass is 9.77. The summed E-state index contributed by atoms with van der Waals surface area (Å²) in [4.78, 5) is 19.8. The predicted molar refractivity (Wildman–Crippen MR) is 113 cm³/mol. The number of hydrogen-bond acceptors (Lipinski definition) is 5. The zero-order chi connectivity index (χ0) is 25.6. The number of nitrogens with one attached hydrogen (secondary N) is 1. The highest BCUT2D eigenvalue weighted by Crippen LogP contribution is 2.59. The van der Waals surface area contributed by atoms with Crippen molar-refractivity contribution in [2.45, 2.75) is 57.4 Å². The number of benzene rings is 1. The van der Waals surface area contributed by atoms with Crippen molar-refractivity contribution in [2.24, 2.45) is 5.92 Å². The maximum absolute atomic E-state index is 14.5. The van der Waals surface area contributed by atoms with Gasteiger partial charge >= 0.3 is 6.18 Å². The molecule has 11 heteroatoms. The van der Waals surface area contributed by atoms with E-state index in [4.69, 9.17) is 14.2 Å². The zero-order valence-electron chi connectivity index (χ0n) is 19.6. The molecular weight excluding hydrogens is 463 g/mol. The number of rotatable bonds is 6. The van der Waals surface area contributed by atoms with E-state index in [-0.39, 0.29) is 23.9 Å². The Balaban J connectivity index is 2.22. The quantitative estimate of drug-likeness (QED) is 0.582. The highest BCUT2D eigenvalue weighted by molar-refractivity contribution is 5.41. The monoisotopic (exact) mass is 490 g/mol. The molecule has 1 aliphatic heterocycles. The third kappa shape index (κ3) is 4.19. The van der Waals surface area contributed by atoms with Crippen LogP contribution in [0.15, 0.2) is 16.9 Å². The van der Waals surface area contributed by atoms with Crippen molar-refractivity contribution in [3.05, 3.63) is 56.8 Å². The Morgan fingerprint density at radius 2 is 1.91 bits per heavy atom. The molecule has 1 aromatic heterocycles. The molecule has 1 N–H and O–H groups in total. The Labute approximate surface area is 193 Å². The summed E-state index contributed by atoms with van der Waals surface area (Å²) in [6.07, 6.45) is -6.22. The standard InChI is InChI=1S/C23H27F5N2O4/c1-10(9-32-5)15-12(3)29-20(30-21(15)31)19-16(11(2)22(4,34-19)23(26,27)28)13-7-8-14(24)17(25)18(13)33-6/h7-8,10-11,16,19H,9H2,1-6H3,(H,29,30,31)/t10-,11+,16+,19-,22-/m1/s1. The van der Waals surface area contributed by atoms with Gasteiger partial charge in [0.2, 0.25) is 5.82 Å². The molecule has 34 heavy (non-hydrogen) atoms. The maximum Gasteiger partial charge on any atom is 0.417 e. The van der Waals surface area contributed by atoms with Crippen molar-refractivity contribution in [3.63, 3.8) is 0 Å². The summed E-state index contributed by atoms with van der Waals surface area (Å²) in [5, 5.41) is 0. The molecule has 2 aromatic rings. The van der Waals surface area contributed by atoms with Crippen LogP contribution in [0.3, 0.4) is 0 Å². The Morgan fingerprint density at radius 3 is 2.44 bits per heavy atom. The van der Waals surface area contributed by atoms with Crippen LogP contribution in [0.4, 0.5) is 22.0 Å². The van der Waals surface area contributed by atoms with Gasteiger partial charge < -0.3 is 19.2 Å². The number of nitrogens with zero attached hydrogens (tertiary/aromatic N) is 1. The van der Waals surface area contributed by atoms with Crippen molar-refractivity contribution >= 4 is 0 Å². The van der Waals surface area contributed by atoms with Crippen molar-refractivity contribution in [1.82, 2.24) is 9.97 Å². The average molecular weight is 490 g/mol. The third-order valence-corrected chi connectivity index (χ3v) is 6.66. The molecule has 0 spiro atoms. The molecule has 1 aromatic carbocycles. The van der Waals surface area contributed by atoms with Crippen LogP contribution in [0.25, 0.3) is 0 Å². The first kappa shape index (κ1) is 26.1. The second-order valence-corrected chi connectivity index (χ2v) is 8.75. The number of hydrogen-bond donors (Lipinski definition) is 1. The molecule has 6 nitrogen and oxygen atoms in total. The van der Waals surface area contributed by atoms with Crippen LogP contribution < -0.4 is 10.3 Å². The summed E-state index contributed by atoms with van der Waals surface area (Å²) in [5.41, 5.74) is -2.59. The van der Waals surface area contributed by atoms with Crippen LogP contribution in [0, 0.1) is 24.5 Å². The first-order chi connectivity index (χ1) is 15.8. The van der Waals surface area contributed by atoms with Gasteiger partial charge in [-0.05, 0) is 19.9 Å². The van der Waals surface area contributed by atoms with Gasteiger partial charge in [0.25, 0.3) is 5.56 Å². The molecule has 3 rings (SSSR count). The first-order valence-corrected chi connectivity index (χ1v) is 10.6. The molecule has 1 saturated heterocycles. The molecule has 2 heterocycles. The van der Waals surface area contributed by atoms with Gasteiger partial charge in [-0.25, -0.2) is 9.37 Å². The van der Waals surface area contributed by atoms with Crippen LogP contribution in [-0.2, 0) is 9.47 Å². The molecular formula is C23H27F5N2O4. The van der Waals surface area contributed by atoms with Crippen LogP contribution in [0.2, 0.25) is 0 Å². The van der Waals surface area contributed by atoms with Gasteiger partial charge in [0, 0.05) is 41.7 Å². The lowest BCUT2D eigenvalue weighted by Crippen LogP contribution is -2.46. The minimum atomic E-state index is -4.80. The molecule has 188 valence electrons. The van der Waals surface area contributed by atoms with Crippen molar-refractivity contribution in [3.8, 4) is 5.75 Å². The van der Waals surface area contributed by atoms with Gasteiger partial charge in [0.1, 0.15) is 11.9 Å². The lowest BCUT2D eigenvalue weighted by molar-refractivity contribution is -0.275. The molecule has 0 unspecified atom stereocenters. The smallest absolute Gasteiger partial charge is 0.417 e. The second-order valence-electron chi connectivity index (χ2n) is 8.75. The van der Waals surface area contributed by atoms with Crippen molar-refractivity contribution in [2.75, 3.05) is 20.8 Å². The number of ether oxygens (including phenoxy) is 3. The van der Waals surface area contributed by atoms with Gasteiger partial charge in [-0.2, -0.15) is 17.6 Å². The van der Waals surface area contributed by atoms with Crippen LogP contribution in [0.5, 0.6) is 5.75 Å². The minimum absolute atomic E-state index is 0.0241. The zero-order valence-corrected chi connectivity index (χ0v) is 19.6. The summed E-state index contributed by atoms with van der Waals surface area (Å²) in [7, 11) is 2.57. The fourth-order valence-electron chi connectivity index (χ4n) is 4.71. The first-order valence-electron chi connectivity index (χ1n) is 10.6. The van der Waals surface area contributed by atoms with Crippen molar-refractivity contribution in [1.29, 1.82) is 0 Å². The highest BCUT2D eigenvalue weighted by atomic mass is 19.4. The van der Waals surface area contributed by atoms with E-state index >= 15 is 0 Å². The van der Waals surface area contributed by atoms with Crippen LogP contribution in [0.1, 0.15) is 61.4 Å². The number of aromatic nitrogens is 2. The Kier molecular flexibility index (Phi) is 7.10. The number of alkyl halides is 3. The Bertz CT molecular complexity index is 1120. The van der Waals surface area contributed by atoms with E-state index in [1.807, 2.05) is 0 Å². The fraction of sp³-hybridized carbons (Fsp3) is 0.565. The van der Waals surface area contributed by atoms with Gasteiger partial charge in [0.05, 0.1) is 13.7 Å². The van der Waals surface area contributed by atoms with Gasteiger partial charge in [-0.3, -0.25) is 4.79 Å². The number of aryl methyl sites for hydroxylation is 1. The average Bonchev–Trinajstić information content (AvgIpc) is 3.01. The molecule has 5 atom stereocenters. The SMILES string of the molecule is COC[C@@H](C)c1c(C)nc([C@@H]2O[C@@](C)(C(F)(F)F)[C@@H](C)[C@H]2c2ccc(F)c(F)c2OC)[nH]c1=O. The highest BCUT2D eigenvalue weighted by Gasteiger charge is 2.65. The number of halogens is 5. The van der Waals surface area contributed by atoms with E-state index in [0.717, 1.165) is 26.2 Å². The second kappa shape index (κ2) is 9.26. The topological polar surface area (TPSA) is 73.4 Å². The van der Waals surface area contributed by atoms with Gasteiger partial charge in [0.15, 0.2) is 17.2 Å². The summed E-state index contributed by atoms with van der Waals surface area (Å²) in [6, 6.07) is 1.98. The maximum atomic E-state index is 14.5. The van der Waals surface area contributed by atoms with Crippen LogP contribution in [-0.4, -0.2) is 42.6 Å². The largest absolute Gasteiger partial charge is 0.493 e. The summed E-state index contributed by atoms with van der Waals surface area (Å²) >= 11 is 0. The van der Waals surface area contributed by atoms with E-state index in [0.29, 0.717) is 11.3 Å². The summed E-state index contributed by atoms with van der Waals surface area (Å²) in [5.74, 6) is -5.96. The molecule has 1 fully saturated rings. The van der Waals surface area contributed by atoms with Crippen molar-refractivity contribution < 1.29 is 36.2 Å². The molecule has 0 bridgehead atoms. The van der Waals surface area contributed by atoms with Gasteiger partial charge in [-0.15, -0.1) is 0 Å². The van der Waals surface area contributed by atoms with Crippen LogP contribution >= 0.6 is 0 Å². The minimum Gasteiger partial charge on any atom is -0.493 e. The molecule has 0 aliphatic carbocycles. The number of H-pyrrole nitrogens is 1. The van der Waals surface area contributed by atoms with Gasteiger partial charge in [-0.1, -0.05) is 19.9 Å². The Morgan fingerprint density at radius 1 is 1.26 bits per heavy atom. The molecule has 0 radical (unpaired) electrons. The normalized spacial score (nSPS) is 26.0. The van der Waals surface area contributed by atoms with E-state index in [9.17, 15) is 26.7 Å². The number of methoxy groups -OCH3 is 2.